The van der Waals surface area contributed by atoms with Crippen LogP contribution < -0.4 is 5.73 Å². The van der Waals surface area contributed by atoms with E-state index in [9.17, 15) is 4.39 Å². The molecule has 2 aromatic carbocycles. The lowest BCUT2D eigenvalue weighted by atomic mass is 10.1. The van der Waals surface area contributed by atoms with Gasteiger partial charge in [-0.3, -0.25) is 0 Å². The molecule has 1 unspecified atom stereocenters. The average molecular weight is 275 g/mol. The summed E-state index contributed by atoms with van der Waals surface area (Å²) in [6, 6.07) is 11.1. The minimum Gasteiger partial charge on any atom is -0.324 e. The Hall–Kier alpha value is -1.32. The average Bonchev–Trinajstić information content (AvgIpc) is 2.32. The van der Waals surface area contributed by atoms with Crippen molar-refractivity contribution in [2.45, 2.75) is 36.6 Å². The molecule has 2 aromatic rings. The number of aryl methyl sites for hydroxylation is 2. The van der Waals surface area contributed by atoms with Gasteiger partial charge in [0.25, 0.3) is 0 Å². The maximum atomic E-state index is 13.9. The van der Waals surface area contributed by atoms with Gasteiger partial charge >= 0.3 is 0 Å². The van der Waals surface area contributed by atoms with Gasteiger partial charge in [-0.15, -0.1) is 0 Å². The predicted octanol–water partition coefficient (Wildman–Crippen LogP) is 4.61. The highest BCUT2D eigenvalue weighted by Crippen LogP contribution is 2.35. The standard InChI is InChI=1S/C16H18FNS/c1-10-7-8-14(11(2)9-10)19-15-6-4-5-13(17)16(15)12(3)18/h4-9,12H,18H2,1-3H3. The van der Waals surface area contributed by atoms with Crippen LogP contribution in [0.25, 0.3) is 0 Å². The lowest BCUT2D eigenvalue weighted by Gasteiger charge is -2.14. The van der Waals surface area contributed by atoms with Gasteiger partial charge in [0.1, 0.15) is 5.82 Å². The highest BCUT2D eigenvalue weighted by Gasteiger charge is 2.14. The molecule has 2 rings (SSSR count). The second-order valence-corrected chi connectivity index (χ2v) is 5.90. The smallest absolute Gasteiger partial charge is 0.129 e. The van der Waals surface area contributed by atoms with Crippen molar-refractivity contribution in [3.8, 4) is 0 Å². The summed E-state index contributed by atoms with van der Waals surface area (Å²) in [7, 11) is 0. The molecule has 0 aliphatic heterocycles. The quantitative estimate of drug-likeness (QED) is 0.885. The van der Waals surface area contributed by atoms with Gasteiger partial charge in [0.15, 0.2) is 0 Å². The van der Waals surface area contributed by atoms with E-state index in [4.69, 9.17) is 5.73 Å². The number of benzene rings is 2. The van der Waals surface area contributed by atoms with E-state index < -0.39 is 0 Å². The molecular formula is C16H18FNS. The molecule has 0 aliphatic carbocycles. The first kappa shape index (κ1) is 14.1. The van der Waals surface area contributed by atoms with Crippen LogP contribution in [0, 0.1) is 19.7 Å². The van der Waals surface area contributed by atoms with Gasteiger partial charge in [0.05, 0.1) is 0 Å². The van der Waals surface area contributed by atoms with Gasteiger partial charge in [-0.05, 0) is 44.5 Å². The lowest BCUT2D eigenvalue weighted by Crippen LogP contribution is -2.09. The Kier molecular flexibility index (Phi) is 4.27. The summed E-state index contributed by atoms with van der Waals surface area (Å²) in [4.78, 5) is 2.03. The summed E-state index contributed by atoms with van der Waals surface area (Å²) in [6.45, 7) is 5.95. The van der Waals surface area contributed by atoms with E-state index in [1.54, 1.807) is 17.8 Å². The number of halogens is 1. The van der Waals surface area contributed by atoms with Gasteiger partial charge in [0, 0.05) is 21.4 Å². The van der Waals surface area contributed by atoms with E-state index in [1.165, 1.54) is 17.2 Å². The molecule has 3 heteroatoms. The van der Waals surface area contributed by atoms with Gasteiger partial charge in [-0.25, -0.2) is 4.39 Å². The van der Waals surface area contributed by atoms with Crippen LogP contribution in [-0.2, 0) is 0 Å². The molecule has 19 heavy (non-hydrogen) atoms. The number of hydrogen-bond donors (Lipinski definition) is 1. The number of rotatable bonds is 3. The van der Waals surface area contributed by atoms with E-state index in [0.29, 0.717) is 5.56 Å². The zero-order valence-electron chi connectivity index (χ0n) is 11.4. The molecule has 2 N–H and O–H groups in total. The molecule has 0 saturated heterocycles. The SMILES string of the molecule is Cc1ccc(Sc2cccc(F)c2C(C)N)c(C)c1. The Labute approximate surface area is 118 Å². The van der Waals surface area contributed by atoms with Crippen LogP contribution in [0.15, 0.2) is 46.2 Å². The van der Waals surface area contributed by atoms with Gasteiger partial charge < -0.3 is 5.73 Å². The molecule has 0 spiro atoms. The fourth-order valence-electron chi connectivity index (χ4n) is 2.08. The number of hydrogen-bond acceptors (Lipinski definition) is 2. The number of nitrogens with two attached hydrogens (primary N) is 1. The molecule has 0 aromatic heterocycles. The minimum absolute atomic E-state index is 0.232. The molecule has 0 bridgehead atoms. The van der Waals surface area contributed by atoms with E-state index in [-0.39, 0.29) is 11.9 Å². The Balaban J connectivity index is 2.41. The van der Waals surface area contributed by atoms with Gasteiger partial charge in [-0.2, -0.15) is 0 Å². The summed E-state index contributed by atoms with van der Waals surface area (Å²) < 4.78 is 13.9. The van der Waals surface area contributed by atoms with Crippen LogP contribution in [0.3, 0.4) is 0 Å². The van der Waals surface area contributed by atoms with Crippen LogP contribution in [0.1, 0.15) is 29.7 Å². The zero-order chi connectivity index (χ0) is 14.0. The van der Waals surface area contributed by atoms with Crippen molar-refractivity contribution in [2.24, 2.45) is 5.73 Å². The molecule has 1 nitrogen and oxygen atoms in total. The van der Waals surface area contributed by atoms with Crippen molar-refractivity contribution in [2.75, 3.05) is 0 Å². The maximum Gasteiger partial charge on any atom is 0.129 e. The van der Waals surface area contributed by atoms with Crippen LogP contribution in [0.5, 0.6) is 0 Å². The summed E-state index contributed by atoms with van der Waals surface area (Å²) in [5.74, 6) is -0.232. The van der Waals surface area contributed by atoms with Crippen LogP contribution in [0.4, 0.5) is 4.39 Å². The summed E-state index contributed by atoms with van der Waals surface area (Å²) in [5.41, 5.74) is 8.90. The van der Waals surface area contributed by atoms with Crippen LogP contribution in [-0.4, -0.2) is 0 Å². The van der Waals surface area contributed by atoms with Crippen molar-refractivity contribution in [3.63, 3.8) is 0 Å². The second kappa shape index (κ2) is 5.76. The largest absolute Gasteiger partial charge is 0.324 e. The molecule has 0 radical (unpaired) electrons. The third-order valence-corrected chi connectivity index (χ3v) is 4.27. The van der Waals surface area contributed by atoms with Crippen molar-refractivity contribution in [1.29, 1.82) is 0 Å². The summed E-state index contributed by atoms with van der Waals surface area (Å²) in [6.07, 6.45) is 0. The Morgan fingerprint density at radius 3 is 2.47 bits per heavy atom. The van der Waals surface area contributed by atoms with E-state index in [0.717, 1.165) is 9.79 Å². The Bertz CT molecular complexity index is 593. The molecule has 0 aliphatic rings. The molecule has 0 heterocycles. The van der Waals surface area contributed by atoms with Crippen molar-refractivity contribution < 1.29 is 4.39 Å². The molecule has 1 atom stereocenters. The lowest BCUT2D eigenvalue weighted by molar-refractivity contribution is 0.585. The third kappa shape index (κ3) is 3.17. The minimum atomic E-state index is -0.311. The monoisotopic (exact) mass is 275 g/mol. The Morgan fingerprint density at radius 2 is 1.84 bits per heavy atom. The van der Waals surface area contributed by atoms with Crippen molar-refractivity contribution >= 4 is 11.8 Å². The maximum absolute atomic E-state index is 13.9. The summed E-state index contributed by atoms with van der Waals surface area (Å²) in [5, 5.41) is 0. The fourth-order valence-corrected chi connectivity index (χ4v) is 3.21. The van der Waals surface area contributed by atoms with Gasteiger partial charge in [0.2, 0.25) is 0 Å². The topological polar surface area (TPSA) is 26.0 Å². The predicted molar refractivity (Wildman–Crippen MR) is 79.0 cm³/mol. The fraction of sp³-hybridized carbons (Fsp3) is 0.250. The van der Waals surface area contributed by atoms with E-state index in [2.05, 4.69) is 32.0 Å². The molecule has 0 fully saturated rings. The Morgan fingerprint density at radius 1 is 1.11 bits per heavy atom. The van der Waals surface area contributed by atoms with Crippen molar-refractivity contribution in [1.82, 2.24) is 0 Å². The zero-order valence-corrected chi connectivity index (χ0v) is 12.2. The third-order valence-electron chi connectivity index (χ3n) is 3.02. The van der Waals surface area contributed by atoms with Crippen LogP contribution >= 0.6 is 11.8 Å². The highest BCUT2D eigenvalue weighted by atomic mass is 32.2. The van der Waals surface area contributed by atoms with Crippen LogP contribution in [0.2, 0.25) is 0 Å². The van der Waals surface area contributed by atoms with E-state index >= 15 is 0 Å². The molecular weight excluding hydrogens is 257 g/mol. The van der Waals surface area contributed by atoms with Gasteiger partial charge in [-0.1, -0.05) is 35.5 Å². The first-order chi connectivity index (χ1) is 8.99. The summed E-state index contributed by atoms with van der Waals surface area (Å²) >= 11 is 1.57. The first-order valence-corrected chi connectivity index (χ1v) is 7.10. The highest BCUT2D eigenvalue weighted by molar-refractivity contribution is 7.99. The first-order valence-electron chi connectivity index (χ1n) is 6.28. The van der Waals surface area contributed by atoms with E-state index in [1.807, 2.05) is 13.0 Å². The van der Waals surface area contributed by atoms with Crippen molar-refractivity contribution in [3.05, 3.63) is 58.9 Å². The normalized spacial score (nSPS) is 12.5. The molecule has 0 amide bonds. The molecule has 0 saturated carbocycles. The molecule has 100 valence electrons. The second-order valence-electron chi connectivity index (χ2n) is 4.81.